The Morgan fingerprint density at radius 3 is 2.00 bits per heavy atom. The summed E-state index contributed by atoms with van der Waals surface area (Å²) >= 11 is 0. The van der Waals surface area contributed by atoms with Gasteiger partial charge in [-0.1, -0.05) is 42.5 Å². The number of para-hydroxylation sites is 1. The van der Waals surface area contributed by atoms with Crippen LogP contribution in [-0.4, -0.2) is 30.1 Å². The van der Waals surface area contributed by atoms with Gasteiger partial charge in [0, 0.05) is 10.8 Å². The fourth-order valence-electron chi connectivity index (χ4n) is 3.43. The minimum atomic E-state index is -0.0190. The maximum Gasteiger partial charge on any atom is 0.245 e. The second-order valence-electron chi connectivity index (χ2n) is 6.55. The summed E-state index contributed by atoms with van der Waals surface area (Å²) in [6.07, 6.45) is -0.0190. The highest BCUT2D eigenvalue weighted by Gasteiger charge is 2.25. The van der Waals surface area contributed by atoms with Gasteiger partial charge in [0.15, 0.2) is 5.75 Å². The summed E-state index contributed by atoms with van der Waals surface area (Å²) in [5.41, 5.74) is 1.76. The van der Waals surface area contributed by atoms with Crippen molar-refractivity contribution >= 4 is 21.7 Å². The van der Waals surface area contributed by atoms with Crippen LogP contribution in [0, 0.1) is 0 Å². The van der Waals surface area contributed by atoms with E-state index < -0.39 is 0 Å². The van der Waals surface area contributed by atoms with Gasteiger partial charge < -0.3 is 14.2 Å². The number of aromatic nitrogens is 2. The van der Waals surface area contributed by atoms with Crippen LogP contribution in [0.4, 0.5) is 0 Å². The van der Waals surface area contributed by atoms with E-state index >= 15 is 0 Å². The van der Waals surface area contributed by atoms with Crippen LogP contribution in [0.3, 0.4) is 0 Å². The number of nitrogens with zero attached hydrogens (tertiary/aromatic N) is 2. The molecular formula is C22H22N2O3. The van der Waals surface area contributed by atoms with Crippen molar-refractivity contribution in [3.05, 3.63) is 54.6 Å². The fraction of sp³-hybridized carbons (Fsp3) is 0.227. The summed E-state index contributed by atoms with van der Waals surface area (Å²) in [6.45, 7) is 3.97. The van der Waals surface area contributed by atoms with Crippen LogP contribution in [-0.2, 0) is 0 Å². The zero-order valence-electron chi connectivity index (χ0n) is 15.9. The number of ether oxygens (including phenoxy) is 3. The van der Waals surface area contributed by atoms with Crippen LogP contribution in [0.15, 0.2) is 54.6 Å². The van der Waals surface area contributed by atoms with Crippen LogP contribution >= 0.6 is 0 Å². The SMILES string of the molecule is COc1c2ccccc2c(OC)c2c1c(OC(C)C)nn2-c1ccccc1. The largest absolute Gasteiger partial charge is 0.495 e. The molecule has 4 rings (SSSR count). The van der Waals surface area contributed by atoms with Gasteiger partial charge in [0.25, 0.3) is 0 Å². The van der Waals surface area contributed by atoms with Crippen molar-refractivity contribution in [2.75, 3.05) is 14.2 Å². The maximum absolute atomic E-state index is 6.05. The van der Waals surface area contributed by atoms with Gasteiger partial charge in [0.2, 0.25) is 5.88 Å². The highest BCUT2D eigenvalue weighted by molar-refractivity contribution is 6.12. The summed E-state index contributed by atoms with van der Waals surface area (Å²) < 4.78 is 19.6. The molecule has 0 aliphatic rings. The van der Waals surface area contributed by atoms with E-state index in [1.54, 1.807) is 14.2 Å². The first-order chi connectivity index (χ1) is 13.2. The van der Waals surface area contributed by atoms with Crippen LogP contribution in [0.2, 0.25) is 0 Å². The molecule has 0 radical (unpaired) electrons. The molecule has 0 atom stereocenters. The van der Waals surface area contributed by atoms with E-state index in [1.165, 1.54) is 0 Å². The lowest BCUT2D eigenvalue weighted by Gasteiger charge is -2.14. The molecule has 0 N–H and O–H groups in total. The van der Waals surface area contributed by atoms with Crippen LogP contribution in [0.25, 0.3) is 27.4 Å². The Kier molecular flexibility index (Phi) is 4.36. The van der Waals surface area contributed by atoms with E-state index in [0.717, 1.165) is 38.9 Å². The lowest BCUT2D eigenvalue weighted by atomic mass is 10.0. The second kappa shape index (κ2) is 6.83. The predicted octanol–water partition coefficient (Wildman–Crippen LogP) is 4.98. The highest BCUT2D eigenvalue weighted by Crippen LogP contribution is 2.47. The van der Waals surface area contributed by atoms with Gasteiger partial charge in [-0.25, -0.2) is 4.68 Å². The Morgan fingerprint density at radius 1 is 0.815 bits per heavy atom. The molecule has 0 bridgehead atoms. The zero-order valence-corrected chi connectivity index (χ0v) is 15.9. The summed E-state index contributed by atoms with van der Waals surface area (Å²) in [7, 11) is 3.35. The molecule has 5 nitrogen and oxygen atoms in total. The molecule has 4 aromatic rings. The van der Waals surface area contributed by atoms with E-state index in [0.29, 0.717) is 5.88 Å². The molecule has 138 valence electrons. The number of hydrogen-bond donors (Lipinski definition) is 0. The standard InChI is InChI=1S/C22H22N2O3/c1-14(2)27-22-18-19(24(23-22)15-10-6-5-7-11-15)21(26-4)17-13-9-8-12-16(17)20(18)25-3/h5-14H,1-4H3. The van der Waals surface area contributed by atoms with Crippen molar-refractivity contribution in [1.82, 2.24) is 9.78 Å². The Morgan fingerprint density at radius 2 is 1.41 bits per heavy atom. The summed E-state index contributed by atoms with van der Waals surface area (Å²) in [6, 6.07) is 18.0. The fourth-order valence-corrected chi connectivity index (χ4v) is 3.43. The first-order valence-electron chi connectivity index (χ1n) is 8.93. The third-order valence-electron chi connectivity index (χ3n) is 4.47. The average molecular weight is 362 g/mol. The maximum atomic E-state index is 6.05. The minimum Gasteiger partial charge on any atom is -0.495 e. The summed E-state index contributed by atoms with van der Waals surface area (Å²) in [5.74, 6) is 2.01. The number of fused-ring (bicyclic) bond motifs is 2. The highest BCUT2D eigenvalue weighted by atomic mass is 16.5. The molecule has 0 saturated carbocycles. The molecule has 0 aliphatic carbocycles. The van der Waals surface area contributed by atoms with Crippen molar-refractivity contribution in [2.45, 2.75) is 20.0 Å². The van der Waals surface area contributed by atoms with Gasteiger partial charge in [0.1, 0.15) is 16.7 Å². The van der Waals surface area contributed by atoms with E-state index in [2.05, 4.69) is 0 Å². The van der Waals surface area contributed by atoms with E-state index in [-0.39, 0.29) is 6.10 Å². The van der Waals surface area contributed by atoms with E-state index in [1.807, 2.05) is 73.1 Å². The second-order valence-corrected chi connectivity index (χ2v) is 6.55. The minimum absolute atomic E-state index is 0.0190. The van der Waals surface area contributed by atoms with E-state index in [4.69, 9.17) is 19.3 Å². The monoisotopic (exact) mass is 362 g/mol. The van der Waals surface area contributed by atoms with E-state index in [9.17, 15) is 0 Å². The van der Waals surface area contributed by atoms with Crippen molar-refractivity contribution < 1.29 is 14.2 Å². The Hall–Kier alpha value is -3.21. The normalized spacial score (nSPS) is 11.3. The van der Waals surface area contributed by atoms with Gasteiger partial charge in [-0.15, -0.1) is 5.10 Å². The van der Waals surface area contributed by atoms with Gasteiger partial charge in [-0.3, -0.25) is 0 Å². The first-order valence-corrected chi connectivity index (χ1v) is 8.93. The Labute approximate surface area is 158 Å². The molecule has 0 unspecified atom stereocenters. The number of benzene rings is 3. The number of hydrogen-bond acceptors (Lipinski definition) is 4. The molecule has 3 aromatic carbocycles. The third kappa shape index (κ3) is 2.76. The zero-order chi connectivity index (χ0) is 19.0. The quantitative estimate of drug-likeness (QED) is 0.502. The Bertz CT molecular complexity index is 1100. The number of methoxy groups -OCH3 is 2. The van der Waals surface area contributed by atoms with Crippen LogP contribution in [0.1, 0.15) is 13.8 Å². The number of rotatable bonds is 5. The lowest BCUT2D eigenvalue weighted by molar-refractivity contribution is 0.233. The molecular weight excluding hydrogens is 340 g/mol. The molecule has 0 fully saturated rings. The average Bonchev–Trinajstić information content (AvgIpc) is 3.05. The smallest absolute Gasteiger partial charge is 0.245 e. The predicted molar refractivity (Wildman–Crippen MR) is 107 cm³/mol. The molecule has 0 aliphatic heterocycles. The van der Waals surface area contributed by atoms with Gasteiger partial charge in [-0.05, 0) is 26.0 Å². The summed E-state index contributed by atoms with van der Waals surface area (Å²) in [5, 5.41) is 7.52. The third-order valence-corrected chi connectivity index (χ3v) is 4.47. The molecule has 1 heterocycles. The molecule has 5 heteroatoms. The Balaban J connectivity index is 2.21. The molecule has 27 heavy (non-hydrogen) atoms. The van der Waals surface area contributed by atoms with Crippen molar-refractivity contribution in [1.29, 1.82) is 0 Å². The van der Waals surface area contributed by atoms with Crippen LogP contribution < -0.4 is 14.2 Å². The summed E-state index contributed by atoms with van der Waals surface area (Å²) in [4.78, 5) is 0. The van der Waals surface area contributed by atoms with Gasteiger partial charge in [-0.2, -0.15) is 0 Å². The van der Waals surface area contributed by atoms with Crippen molar-refractivity contribution in [3.63, 3.8) is 0 Å². The van der Waals surface area contributed by atoms with Crippen molar-refractivity contribution in [2.24, 2.45) is 0 Å². The molecule has 1 aromatic heterocycles. The molecule has 0 saturated heterocycles. The molecule has 0 amide bonds. The molecule has 0 spiro atoms. The van der Waals surface area contributed by atoms with Gasteiger partial charge in [0.05, 0.1) is 26.0 Å². The topological polar surface area (TPSA) is 45.5 Å². The first kappa shape index (κ1) is 17.2. The van der Waals surface area contributed by atoms with Crippen molar-refractivity contribution in [3.8, 4) is 23.1 Å². The van der Waals surface area contributed by atoms with Gasteiger partial charge >= 0.3 is 0 Å². The van der Waals surface area contributed by atoms with Crippen LogP contribution in [0.5, 0.6) is 17.4 Å². The lowest BCUT2D eigenvalue weighted by Crippen LogP contribution is -2.07.